The normalized spacial score (nSPS) is 10.1. The summed E-state index contributed by atoms with van der Waals surface area (Å²) in [4.78, 5) is 35.6. The predicted octanol–water partition coefficient (Wildman–Crippen LogP) is 0.755. The summed E-state index contributed by atoms with van der Waals surface area (Å²) < 4.78 is 10.9. The van der Waals surface area contributed by atoms with E-state index in [0.29, 0.717) is 50.7 Å². The van der Waals surface area contributed by atoms with E-state index >= 15 is 0 Å². The summed E-state index contributed by atoms with van der Waals surface area (Å²) in [5, 5.41) is 0. The molecule has 9 heteroatoms. The zero-order valence-corrected chi connectivity index (χ0v) is 13.9. The van der Waals surface area contributed by atoms with Gasteiger partial charge in [-0.2, -0.15) is 4.98 Å². The average molecular weight is 341 g/mol. The predicted molar refractivity (Wildman–Crippen MR) is 84.0 cm³/mol. The van der Waals surface area contributed by atoms with E-state index in [2.05, 4.69) is 25.6 Å². The zero-order valence-electron chi connectivity index (χ0n) is 13.9. The Kier molecular flexibility index (Phi) is 9.90. The Bertz CT molecular complexity index is 470. The molecule has 1 heterocycles. The Morgan fingerprint density at radius 3 is 1.79 bits per heavy atom. The molecule has 0 aliphatic carbocycles. The van der Waals surface area contributed by atoms with Gasteiger partial charge in [0.1, 0.15) is 0 Å². The maximum absolute atomic E-state index is 11.2. The molecule has 1 aromatic heterocycles. The lowest BCUT2D eigenvalue weighted by Crippen LogP contribution is -2.22. The van der Waals surface area contributed by atoms with E-state index < -0.39 is 0 Å². The van der Waals surface area contributed by atoms with E-state index in [0.717, 1.165) is 0 Å². The number of carbonyl (C=O) groups excluding carboxylic acids is 2. The van der Waals surface area contributed by atoms with Gasteiger partial charge in [-0.15, -0.1) is 0 Å². The third-order valence-corrected chi connectivity index (χ3v) is 2.73. The van der Waals surface area contributed by atoms with Crippen LogP contribution in [-0.4, -0.2) is 44.2 Å². The van der Waals surface area contributed by atoms with Crippen LogP contribution in [0.15, 0.2) is 18.2 Å². The van der Waals surface area contributed by atoms with Gasteiger partial charge in [0.25, 0.3) is 0 Å². The first kappa shape index (κ1) is 19.7. The number of aromatic nitrogens is 1. The number of hydrogen-bond acceptors (Lipinski definition) is 7. The van der Waals surface area contributed by atoms with E-state index in [4.69, 9.17) is 9.47 Å². The Morgan fingerprint density at radius 1 is 0.917 bits per heavy atom. The average Bonchev–Trinajstić information content (AvgIpc) is 2.57. The van der Waals surface area contributed by atoms with E-state index in [1.807, 2.05) is 0 Å². The highest BCUT2D eigenvalue weighted by Crippen LogP contribution is 2.14. The molecule has 0 aliphatic rings. The van der Waals surface area contributed by atoms with Crippen molar-refractivity contribution in [1.29, 1.82) is 0 Å². The molecule has 0 radical (unpaired) electrons. The van der Waals surface area contributed by atoms with E-state index in [9.17, 15) is 9.59 Å². The maximum Gasteiger partial charge on any atom is 0.243 e. The first-order valence-corrected chi connectivity index (χ1v) is 7.52. The van der Waals surface area contributed by atoms with Crippen LogP contribution in [0.3, 0.4) is 0 Å². The smallest absolute Gasteiger partial charge is 0.243 e. The lowest BCUT2D eigenvalue weighted by Gasteiger charge is -2.08. The van der Waals surface area contributed by atoms with Crippen molar-refractivity contribution >= 4 is 11.8 Å². The van der Waals surface area contributed by atoms with Crippen LogP contribution in [0.5, 0.6) is 11.8 Å². The Labute approximate surface area is 140 Å². The van der Waals surface area contributed by atoms with Gasteiger partial charge in [0.05, 0.1) is 27.4 Å². The number of ether oxygens (including phenoxy) is 2. The van der Waals surface area contributed by atoms with Crippen molar-refractivity contribution in [2.75, 3.05) is 27.4 Å². The lowest BCUT2D eigenvalue weighted by molar-refractivity contribution is -0.132. The molecule has 2 N–H and O–H groups in total. The van der Waals surface area contributed by atoms with Crippen LogP contribution in [0.2, 0.25) is 0 Å². The van der Waals surface area contributed by atoms with Crippen LogP contribution in [0.4, 0.5) is 0 Å². The van der Waals surface area contributed by atoms with E-state index in [1.54, 1.807) is 18.2 Å². The summed E-state index contributed by atoms with van der Waals surface area (Å²) in [5.74, 6) is 0.417. The number of hydrogen-bond donors (Lipinski definition) is 2. The maximum atomic E-state index is 11.2. The number of pyridine rings is 1. The first-order valence-electron chi connectivity index (χ1n) is 7.52. The second-order valence-electron chi connectivity index (χ2n) is 4.68. The molecule has 0 unspecified atom stereocenters. The lowest BCUT2D eigenvalue weighted by atomic mass is 10.3. The van der Waals surface area contributed by atoms with Crippen molar-refractivity contribution in [1.82, 2.24) is 15.9 Å². The molecule has 9 nitrogen and oxygen atoms in total. The molecule has 0 atom stereocenters. The highest BCUT2D eigenvalue weighted by Gasteiger charge is 2.04. The van der Waals surface area contributed by atoms with Crippen molar-refractivity contribution in [2.45, 2.75) is 25.7 Å². The molecule has 0 saturated carbocycles. The minimum absolute atomic E-state index is 0.205. The van der Waals surface area contributed by atoms with Crippen LogP contribution in [0.1, 0.15) is 25.7 Å². The zero-order chi connectivity index (χ0) is 17.6. The van der Waals surface area contributed by atoms with Crippen molar-refractivity contribution in [2.24, 2.45) is 0 Å². The highest BCUT2D eigenvalue weighted by atomic mass is 16.6. The van der Waals surface area contributed by atoms with Gasteiger partial charge >= 0.3 is 0 Å². The molecule has 0 fully saturated rings. The Balaban J connectivity index is 2.23. The molecule has 24 heavy (non-hydrogen) atoms. The molecular formula is C15H23N3O6. The number of carbonyl (C=O) groups is 2. The summed E-state index contributed by atoms with van der Waals surface area (Å²) in [6.07, 6.45) is 1.67. The van der Waals surface area contributed by atoms with Gasteiger partial charge < -0.3 is 9.47 Å². The van der Waals surface area contributed by atoms with Gasteiger partial charge in [-0.25, -0.2) is 11.0 Å². The SMILES string of the molecule is CONC(=O)CCCOc1cccc(OCCCC(=O)NOC)n1. The second kappa shape index (κ2) is 12.1. The van der Waals surface area contributed by atoms with Crippen LogP contribution < -0.4 is 20.4 Å². The molecule has 0 bridgehead atoms. The molecular weight excluding hydrogens is 318 g/mol. The molecule has 1 aromatic rings. The van der Waals surface area contributed by atoms with Crippen LogP contribution in [-0.2, 0) is 19.3 Å². The van der Waals surface area contributed by atoms with Crippen molar-refractivity contribution in [3.8, 4) is 11.8 Å². The standard InChI is InChI=1S/C15H23N3O6/c1-21-17-12(19)6-4-10-23-14-8-3-9-15(16-14)24-11-5-7-13(20)18-22-2/h3,8-9H,4-7,10-11H2,1-2H3,(H,17,19)(H,18,20). The summed E-state index contributed by atoms with van der Waals surface area (Å²) in [6, 6.07) is 5.16. The minimum atomic E-state index is -0.205. The van der Waals surface area contributed by atoms with Crippen LogP contribution >= 0.6 is 0 Å². The summed E-state index contributed by atoms with van der Waals surface area (Å²) >= 11 is 0. The molecule has 134 valence electrons. The van der Waals surface area contributed by atoms with E-state index in [1.165, 1.54) is 14.2 Å². The summed E-state index contributed by atoms with van der Waals surface area (Å²) in [6.45, 7) is 0.704. The van der Waals surface area contributed by atoms with Crippen LogP contribution in [0.25, 0.3) is 0 Å². The quantitative estimate of drug-likeness (QED) is 0.427. The molecule has 0 aliphatic heterocycles. The van der Waals surface area contributed by atoms with Gasteiger partial charge in [-0.3, -0.25) is 19.3 Å². The molecule has 0 saturated heterocycles. The monoisotopic (exact) mass is 341 g/mol. The molecule has 0 spiro atoms. The third kappa shape index (κ3) is 8.91. The molecule has 2 amide bonds. The topological polar surface area (TPSA) is 108 Å². The highest BCUT2D eigenvalue weighted by molar-refractivity contribution is 5.74. The number of hydroxylamine groups is 2. The fraction of sp³-hybridized carbons (Fsp3) is 0.533. The largest absolute Gasteiger partial charge is 0.478 e. The number of nitrogens with zero attached hydrogens (tertiary/aromatic N) is 1. The first-order chi connectivity index (χ1) is 11.7. The Morgan fingerprint density at radius 2 is 1.38 bits per heavy atom. The van der Waals surface area contributed by atoms with Crippen molar-refractivity contribution < 1.29 is 28.7 Å². The van der Waals surface area contributed by atoms with Gasteiger partial charge in [-0.05, 0) is 12.8 Å². The van der Waals surface area contributed by atoms with Gasteiger partial charge in [0.2, 0.25) is 23.6 Å². The molecule has 1 rings (SSSR count). The number of nitrogens with one attached hydrogen (secondary N) is 2. The number of rotatable bonds is 12. The fourth-order valence-corrected chi connectivity index (χ4v) is 1.71. The van der Waals surface area contributed by atoms with Crippen molar-refractivity contribution in [3.63, 3.8) is 0 Å². The molecule has 0 aromatic carbocycles. The summed E-state index contributed by atoms with van der Waals surface area (Å²) in [7, 11) is 2.77. The van der Waals surface area contributed by atoms with Gasteiger partial charge in [0, 0.05) is 25.0 Å². The van der Waals surface area contributed by atoms with Crippen molar-refractivity contribution in [3.05, 3.63) is 18.2 Å². The van der Waals surface area contributed by atoms with E-state index in [-0.39, 0.29) is 11.8 Å². The van der Waals surface area contributed by atoms with Gasteiger partial charge in [-0.1, -0.05) is 6.07 Å². The van der Waals surface area contributed by atoms with Crippen LogP contribution in [0, 0.1) is 0 Å². The van der Waals surface area contributed by atoms with Gasteiger partial charge in [0.15, 0.2) is 0 Å². The minimum Gasteiger partial charge on any atom is -0.478 e. The third-order valence-electron chi connectivity index (χ3n) is 2.73. The summed E-state index contributed by atoms with van der Waals surface area (Å²) in [5.41, 5.74) is 4.46. The fourth-order valence-electron chi connectivity index (χ4n) is 1.71. The second-order valence-corrected chi connectivity index (χ2v) is 4.68. The number of amides is 2. The Hall–Kier alpha value is -2.39.